The molecule has 0 aliphatic heterocycles. The fourth-order valence-corrected chi connectivity index (χ4v) is 4.17. The SMILES string of the molecule is O=C(NCCC1CCCCC1)c1ccc(C(=O)c2cnc3ccc(Cl)cn23)cc1. The largest absolute Gasteiger partial charge is 0.352 e. The van der Waals surface area contributed by atoms with Gasteiger partial charge in [-0.15, -0.1) is 0 Å². The Morgan fingerprint density at radius 3 is 2.52 bits per heavy atom. The molecular formula is C23H24ClN3O2. The van der Waals surface area contributed by atoms with Crippen LogP contribution in [0.4, 0.5) is 0 Å². The molecule has 6 heteroatoms. The summed E-state index contributed by atoms with van der Waals surface area (Å²) in [6.07, 6.45) is 10.8. The van der Waals surface area contributed by atoms with Gasteiger partial charge in [-0.1, -0.05) is 55.8 Å². The Morgan fingerprint density at radius 2 is 1.76 bits per heavy atom. The van der Waals surface area contributed by atoms with E-state index in [4.69, 9.17) is 11.6 Å². The summed E-state index contributed by atoms with van der Waals surface area (Å²) >= 11 is 6.04. The molecule has 1 N–H and O–H groups in total. The van der Waals surface area contributed by atoms with Crippen LogP contribution in [-0.2, 0) is 0 Å². The quantitative estimate of drug-likeness (QED) is 0.588. The Labute approximate surface area is 175 Å². The van der Waals surface area contributed by atoms with E-state index in [0.29, 0.717) is 34.0 Å². The summed E-state index contributed by atoms with van der Waals surface area (Å²) in [5.41, 5.74) is 2.16. The van der Waals surface area contributed by atoms with Crippen molar-refractivity contribution in [3.8, 4) is 0 Å². The predicted octanol–water partition coefficient (Wildman–Crippen LogP) is 4.92. The molecule has 1 saturated carbocycles. The smallest absolute Gasteiger partial charge is 0.251 e. The minimum absolute atomic E-state index is 0.0959. The number of carbonyl (C=O) groups excluding carboxylic acids is 2. The molecule has 2 aromatic heterocycles. The van der Waals surface area contributed by atoms with Gasteiger partial charge in [-0.3, -0.25) is 14.0 Å². The number of amides is 1. The first-order chi connectivity index (χ1) is 14.1. The number of hydrogen-bond donors (Lipinski definition) is 1. The van der Waals surface area contributed by atoms with Crippen molar-refractivity contribution in [1.29, 1.82) is 0 Å². The van der Waals surface area contributed by atoms with Gasteiger partial charge in [0.25, 0.3) is 5.91 Å². The van der Waals surface area contributed by atoms with E-state index < -0.39 is 0 Å². The summed E-state index contributed by atoms with van der Waals surface area (Å²) in [5.74, 6) is 0.480. The van der Waals surface area contributed by atoms with Gasteiger partial charge in [0.1, 0.15) is 11.3 Å². The van der Waals surface area contributed by atoms with Crippen LogP contribution in [-0.4, -0.2) is 27.6 Å². The monoisotopic (exact) mass is 409 g/mol. The molecule has 1 amide bonds. The molecule has 1 aliphatic carbocycles. The standard InChI is InChI=1S/C23H24ClN3O2/c24-19-10-11-21-26-14-20(27(21)15-19)22(28)17-6-8-18(9-7-17)23(29)25-13-12-16-4-2-1-3-5-16/h6-11,14-16H,1-5,12-13H2,(H,25,29). The minimum atomic E-state index is -0.163. The van der Waals surface area contributed by atoms with Gasteiger partial charge in [-0.25, -0.2) is 4.98 Å². The van der Waals surface area contributed by atoms with Crippen molar-refractivity contribution in [1.82, 2.24) is 14.7 Å². The molecule has 0 unspecified atom stereocenters. The Balaban J connectivity index is 1.39. The number of ketones is 1. The summed E-state index contributed by atoms with van der Waals surface area (Å²) < 4.78 is 1.68. The number of aromatic nitrogens is 2. The van der Waals surface area contributed by atoms with Gasteiger partial charge >= 0.3 is 0 Å². The highest BCUT2D eigenvalue weighted by Gasteiger charge is 2.16. The molecule has 4 rings (SSSR count). The van der Waals surface area contributed by atoms with Crippen LogP contribution < -0.4 is 5.32 Å². The topological polar surface area (TPSA) is 63.5 Å². The lowest BCUT2D eigenvalue weighted by atomic mass is 9.87. The van der Waals surface area contributed by atoms with Gasteiger partial charge in [0.2, 0.25) is 5.78 Å². The highest BCUT2D eigenvalue weighted by molar-refractivity contribution is 6.30. The molecule has 2 heterocycles. The van der Waals surface area contributed by atoms with Crippen LogP contribution in [0.2, 0.25) is 5.02 Å². The van der Waals surface area contributed by atoms with Gasteiger partial charge in [-0.05, 0) is 36.6 Å². The van der Waals surface area contributed by atoms with Crippen molar-refractivity contribution in [2.45, 2.75) is 38.5 Å². The number of halogens is 1. The molecule has 0 bridgehead atoms. The maximum absolute atomic E-state index is 12.9. The molecule has 1 fully saturated rings. The number of rotatable bonds is 6. The van der Waals surface area contributed by atoms with Crippen molar-refractivity contribution in [3.63, 3.8) is 0 Å². The second-order valence-electron chi connectivity index (χ2n) is 7.67. The predicted molar refractivity (Wildman–Crippen MR) is 114 cm³/mol. The fraction of sp³-hybridized carbons (Fsp3) is 0.348. The van der Waals surface area contributed by atoms with Crippen LogP contribution in [0.25, 0.3) is 5.65 Å². The molecule has 3 aromatic rings. The van der Waals surface area contributed by atoms with Crippen molar-refractivity contribution in [3.05, 3.63) is 70.6 Å². The lowest BCUT2D eigenvalue weighted by Gasteiger charge is -2.21. The number of pyridine rings is 1. The fourth-order valence-electron chi connectivity index (χ4n) is 4.01. The van der Waals surface area contributed by atoms with Crippen molar-refractivity contribution >= 4 is 28.9 Å². The number of nitrogens with zero attached hydrogens (tertiary/aromatic N) is 2. The van der Waals surface area contributed by atoms with Crippen LogP contribution >= 0.6 is 11.6 Å². The summed E-state index contributed by atoms with van der Waals surface area (Å²) in [6.45, 7) is 0.701. The average molecular weight is 410 g/mol. The first-order valence-corrected chi connectivity index (χ1v) is 10.6. The Kier molecular flexibility index (Phi) is 5.95. The number of nitrogens with one attached hydrogen (secondary N) is 1. The first-order valence-electron chi connectivity index (χ1n) is 10.2. The Hall–Kier alpha value is -2.66. The van der Waals surface area contributed by atoms with Gasteiger partial charge in [-0.2, -0.15) is 0 Å². The molecule has 0 atom stereocenters. The van der Waals surface area contributed by atoms with Crippen molar-refractivity contribution < 1.29 is 9.59 Å². The van der Waals surface area contributed by atoms with E-state index in [0.717, 1.165) is 12.3 Å². The van der Waals surface area contributed by atoms with E-state index >= 15 is 0 Å². The maximum atomic E-state index is 12.9. The lowest BCUT2D eigenvalue weighted by Crippen LogP contribution is -2.26. The highest BCUT2D eigenvalue weighted by Crippen LogP contribution is 2.25. The van der Waals surface area contributed by atoms with Gasteiger partial charge in [0, 0.05) is 23.9 Å². The molecule has 1 aliphatic rings. The van der Waals surface area contributed by atoms with E-state index in [9.17, 15) is 9.59 Å². The molecule has 1 aromatic carbocycles. The summed E-state index contributed by atoms with van der Waals surface area (Å²) in [4.78, 5) is 29.5. The summed E-state index contributed by atoms with van der Waals surface area (Å²) in [5, 5.41) is 3.53. The highest BCUT2D eigenvalue weighted by atomic mass is 35.5. The molecule has 150 valence electrons. The first kappa shape index (κ1) is 19.6. The normalized spacial score (nSPS) is 14.8. The van der Waals surface area contributed by atoms with Gasteiger partial charge in [0.05, 0.1) is 11.2 Å². The zero-order valence-electron chi connectivity index (χ0n) is 16.2. The van der Waals surface area contributed by atoms with E-state index in [1.807, 2.05) is 0 Å². The van der Waals surface area contributed by atoms with Gasteiger partial charge in [0.15, 0.2) is 0 Å². The molecule has 0 spiro atoms. The summed E-state index contributed by atoms with van der Waals surface area (Å²) in [7, 11) is 0. The van der Waals surface area contributed by atoms with Crippen molar-refractivity contribution in [2.75, 3.05) is 6.54 Å². The number of carbonyl (C=O) groups is 2. The van der Waals surface area contributed by atoms with Crippen LogP contribution in [0, 0.1) is 5.92 Å². The van der Waals surface area contributed by atoms with E-state index in [1.54, 1.807) is 53.2 Å². The van der Waals surface area contributed by atoms with Crippen LogP contribution in [0.15, 0.2) is 48.8 Å². The molecular weight excluding hydrogens is 386 g/mol. The molecule has 29 heavy (non-hydrogen) atoms. The van der Waals surface area contributed by atoms with Crippen molar-refractivity contribution in [2.24, 2.45) is 5.92 Å². The molecule has 0 saturated heterocycles. The number of benzene rings is 1. The van der Waals surface area contributed by atoms with E-state index in [-0.39, 0.29) is 11.7 Å². The second-order valence-corrected chi connectivity index (χ2v) is 8.11. The zero-order chi connectivity index (χ0) is 20.2. The van der Waals surface area contributed by atoms with Crippen LogP contribution in [0.5, 0.6) is 0 Å². The number of hydrogen-bond acceptors (Lipinski definition) is 3. The van der Waals surface area contributed by atoms with Crippen LogP contribution in [0.3, 0.4) is 0 Å². The minimum Gasteiger partial charge on any atom is -0.352 e. The molecule has 0 radical (unpaired) electrons. The van der Waals surface area contributed by atoms with Gasteiger partial charge < -0.3 is 5.32 Å². The third kappa shape index (κ3) is 4.51. The lowest BCUT2D eigenvalue weighted by molar-refractivity contribution is 0.0948. The number of fused-ring (bicyclic) bond motifs is 1. The maximum Gasteiger partial charge on any atom is 0.251 e. The third-order valence-electron chi connectivity index (χ3n) is 5.67. The average Bonchev–Trinajstić information content (AvgIpc) is 3.17. The Morgan fingerprint density at radius 1 is 1.03 bits per heavy atom. The zero-order valence-corrected chi connectivity index (χ0v) is 17.0. The third-order valence-corrected chi connectivity index (χ3v) is 5.90. The second kappa shape index (κ2) is 8.78. The Bertz CT molecular complexity index is 1020. The number of imidazole rings is 1. The summed E-state index contributed by atoms with van der Waals surface area (Å²) in [6, 6.07) is 10.3. The van der Waals surface area contributed by atoms with E-state index in [2.05, 4.69) is 10.3 Å². The van der Waals surface area contributed by atoms with Crippen LogP contribution in [0.1, 0.15) is 64.9 Å². The van der Waals surface area contributed by atoms with E-state index in [1.165, 1.54) is 32.1 Å². The molecule has 5 nitrogen and oxygen atoms in total.